The average molecular weight is 992 g/mol. The van der Waals surface area contributed by atoms with Gasteiger partial charge in [-0.15, -0.1) is 0 Å². The van der Waals surface area contributed by atoms with Gasteiger partial charge in [0.05, 0.1) is 25.8 Å². The first-order valence-electron chi connectivity index (χ1n) is 23.8. The highest BCUT2D eigenvalue weighted by molar-refractivity contribution is 5.98. The highest BCUT2D eigenvalue weighted by Crippen LogP contribution is 2.21. The van der Waals surface area contributed by atoms with Crippen LogP contribution in [0.1, 0.15) is 70.4 Å². The third-order valence-electron chi connectivity index (χ3n) is 11.9. The van der Waals surface area contributed by atoms with Gasteiger partial charge < -0.3 is 73.9 Å². The first kappa shape index (κ1) is 56.6. The number of nitrogens with zero attached hydrogens (tertiary/aromatic N) is 1. The van der Waals surface area contributed by atoms with Crippen LogP contribution in [0.25, 0.3) is 10.9 Å². The lowest BCUT2D eigenvalue weighted by atomic mass is 10.0. The normalized spacial score (nSPS) is 16.3. The fourth-order valence-corrected chi connectivity index (χ4v) is 8.07. The van der Waals surface area contributed by atoms with Crippen LogP contribution < -0.4 is 48.7 Å². The molecule has 2 heterocycles. The number of rotatable bonds is 28. The lowest BCUT2D eigenvalue weighted by molar-refractivity contribution is -0.145. The van der Waals surface area contributed by atoms with E-state index in [1.54, 1.807) is 60.8 Å². The molecule has 1 aromatic heterocycles. The number of aromatic amines is 1. The Balaban J connectivity index is 1.50. The summed E-state index contributed by atoms with van der Waals surface area (Å²) in [5.74, 6) is -7.61. The maximum absolute atomic E-state index is 14.2. The summed E-state index contributed by atoms with van der Waals surface area (Å²) in [7, 11) is 0. The summed E-state index contributed by atoms with van der Waals surface area (Å²) >= 11 is 0. The number of carbonyl (C=O) groups is 9. The number of aromatic nitrogens is 1. The van der Waals surface area contributed by atoms with E-state index >= 15 is 0 Å². The minimum absolute atomic E-state index is 0.0642. The largest absolute Gasteiger partial charge is 0.480 e. The number of aliphatic carboxylic acids is 1. The molecule has 0 unspecified atom stereocenters. The van der Waals surface area contributed by atoms with Crippen molar-refractivity contribution in [3.8, 4) is 0 Å². The molecule has 1 aliphatic rings. The van der Waals surface area contributed by atoms with E-state index in [0.29, 0.717) is 54.3 Å². The number of carboxylic acids is 1. The second-order valence-electron chi connectivity index (χ2n) is 18.0. The van der Waals surface area contributed by atoms with Gasteiger partial charge in [0.1, 0.15) is 42.3 Å². The van der Waals surface area contributed by atoms with E-state index in [1.807, 2.05) is 13.8 Å². The van der Waals surface area contributed by atoms with Gasteiger partial charge in [-0.25, -0.2) is 4.79 Å². The number of unbranched alkanes of at least 4 members (excludes halogenated alkanes) is 1. The molecule has 388 valence electrons. The van der Waals surface area contributed by atoms with Gasteiger partial charge in [0.15, 0.2) is 0 Å². The number of para-hydroxylation sites is 1. The van der Waals surface area contributed by atoms with E-state index in [9.17, 15) is 58.5 Å². The highest BCUT2D eigenvalue weighted by atomic mass is 16.4. The fourth-order valence-electron chi connectivity index (χ4n) is 8.07. The summed E-state index contributed by atoms with van der Waals surface area (Å²) < 4.78 is 0. The van der Waals surface area contributed by atoms with Crippen LogP contribution in [-0.2, 0) is 56.0 Å². The Morgan fingerprint density at radius 1 is 0.718 bits per heavy atom. The monoisotopic (exact) mass is 992 g/mol. The van der Waals surface area contributed by atoms with Crippen molar-refractivity contribution in [2.45, 2.75) is 120 Å². The van der Waals surface area contributed by atoms with Gasteiger partial charge in [0.25, 0.3) is 0 Å². The molecule has 0 spiro atoms. The van der Waals surface area contributed by atoms with Crippen molar-refractivity contribution in [2.24, 2.45) is 17.4 Å². The molecule has 71 heavy (non-hydrogen) atoms. The number of likely N-dealkylation sites (tertiary alicyclic amines) is 1. The van der Waals surface area contributed by atoms with Crippen LogP contribution >= 0.6 is 0 Å². The lowest BCUT2D eigenvalue weighted by Gasteiger charge is -2.30. The van der Waals surface area contributed by atoms with E-state index in [4.69, 9.17) is 11.5 Å². The molecule has 0 aliphatic carbocycles. The Kier molecular flexibility index (Phi) is 22.4. The quantitative estimate of drug-likeness (QED) is 0.0337. The Hall–Kier alpha value is -6.95. The van der Waals surface area contributed by atoms with Crippen LogP contribution in [0.2, 0.25) is 0 Å². The van der Waals surface area contributed by atoms with Crippen LogP contribution in [0.4, 0.5) is 0 Å². The molecule has 8 atom stereocenters. The summed E-state index contributed by atoms with van der Waals surface area (Å²) in [4.78, 5) is 124. The zero-order valence-electron chi connectivity index (χ0n) is 40.3. The molecule has 1 fully saturated rings. The average Bonchev–Trinajstić information content (AvgIpc) is 4.01. The molecule has 2 aromatic carbocycles. The third-order valence-corrected chi connectivity index (χ3v) is 11.9. The summed E-state index contributed by atoms with van der Waals surface area (Å²) in [5.41, 5.74) is 13.3. The SMILES string of the molecule is CC(C)C[C@H](N)C(=O)NCC(=O)N[C@@H](C)C(=O)N[C@@H](Cc1ccccc1)C(=O)N[C@@H](CO)C(=O)N[C@@H](Cc1c[nH]c2ccccc12)C(=O)N[C@@H](CO)C(=O)N1CCC[C@H]1C(=O)N[C@@H](CCCCN)C(=O)O. The number of hydrogen-bond donors (Lipinski definition) is 13. The van der Waals surface area contributed by atoms with Crippen molar-refractivity contribution < 1.29 is 58.5 Å². The second-order valence-corrected chi connectivity index (χ2v) is 18.0. The minimum atomic E-state index is -1.71. The molecular weight excluding hydrogens is 923 g/mol. The molecule has 15 N–H and O–H groups in total. The zero-order chi connectivity index (χ0) is 52.2. The number of carboxylic acid groups (broad SMARTS) is 1. The topological polar surface area (TPSA) is 370 Å². The number of nitrogens with two attached hydrogens (primary N) is 2. The maximum atomic E-state index is 14.2. The number of fused-ring (bicyclic) bond motifs is 1. The van der Waals surface area contributed by atoms with E-state index in [0.717, 1.165) is 4.90 Å². The van der Waals surface area contributed by atoms with E-state index in [1.165, 1.54) is 6.92 Å². The van der Waals surface area contributed by atoms with Crippen molar-refractivity contribution >= 4 is 64.1 Å². The van der Waals surface area contributed by atoms with Gasteiger partial charge in [-0.2, -0.15) is 0 Å². The molecule has 3 aromatic rings. The first-order valence-corrected chi connectivity index (χ1v) is 23.8. The summed E-state index contributed by atoms with van der Waals surface area (Å²) in [6.07, 6.45) is 3.37. The minimum Gasteiger partial charge on any atom is -0.480 e. The summed E-state index contributed by atoms with van der Waals surface area (Å²) in [6, 6.07) is 5.08. The number of H-pyrrole nitrogens is 1. The van der Waals surface area contributed by atoms with Crippen molar-refractivity contribution in [3.63, 3.8) is 0 Å². The molecule has 23 heteroatoms. The smallest absolute Gasteiger partial charge is 0.326 e. The summed E-state index contributed by atoms with van der Waals surface area (Å²) in [5, 5.41) is 48.8. The number of nitrogens with one attached hydrogen (secondary N) is 8. The van der Waals surface area contributed by atoms with E-state index in [-0.39, 0.29) is 38.1 Å². The third kappa shape index (κ3) is 17.2. The number of benzene rings is 2. The highest BCUT2D eigenvalue weighted by Gasteiger charge is 2.40. The van der Waals surface area contributed by atoms with Crippen LogP contribution in [-0.4, -0.2) is 160 Å². The molecule has 0 bridgehead atoms. The van der Waals surface area contributed by atoms with Crippen LogP contribution in [0.5, 0.6) is 0 Å². The Morgan fingerprint density at radius 2 is 1.32 bits per heavy atom. The van der Waals surface area contributed by atoms with E-state index < -0.39 is 121 Å². The van der Waals surface area contributed by atoms with Crippen molar-refractivity contribution in [2.75, 3.05) is 32.8 Å². The maximum Gasteiger partial charge on any atom is 0.326 e. The number of amides is 8. The van der Waals surface area contributed by atoms with Gasteiger partial charge >= 0.3 is 5.97 Å². The predicted octanol–water partition coefficient (Wildman–Crippen LogP) is -2.44. The summed E-state index contributed by atoms with van der Waals surface area (Å²) in [6.45, 7) is 3.18. The Labute approximate surface area is 411 Å². The van der Waals surface area contributed by atoms with Crippen LogP contribution in [0.15, 0.2) is 60.8 Å². The number of carbonyl (C=O) groups excluding carboxylic acids is 8. The number of hydrogen-bond acceptors (Lipinski definition) is 13. The number of aliphatic hydroxyl groups is 2. The van der Waals surface area contributed by atoms with Crippen LogP contribution in [0.3, 0.4) is 0 Å². The lowest BCUT2D eigenvalue weighted by Crippen LogP contribution is -2.61. The molecular formula is C48H69N11O12. The first-order chi connectivity index (χ1) is 33.9. The second kappa shape index (κ2) is 28.0. The van der Waals surface area contributed by atoms with Gasteiger partial charge in [0, 0.05) is 36.5 Å². The molecule has 1 saturated heterocycles. The molecule has 8 amide bonds. The van der Waals surface area contributed by atoms with Crippen molar-refractivity contribution in [1.29, 1.82) is 0 Å². The molecule has 4 rings (SSSR count). The van der Waals surface area contributed by atoms with Crippen molar-refractivity contribution in [3.05, 3.63) is 71.9 Å². The zero-order valence-corrected chi connectivity index (χ0v) is 40.3. The van der Waals surface area contributed by atoms with Gasteiger partial charge in [-0.3, -0.25) is 38.4 Å². The van der Waals surface area contributed by atoms with Gasteiger partial charge in [-0.1, -0.05) is 62.4 Å². The standard InChI is InChI=1S/C48H69N11O12/c1-27(2)20-32(50)42(64)52-24-40(62)53-28(3)41(63)55-35(21-29-12-5-4-6-13-29)43(65)57-37(25-60)45(67)56-36(22-30-23-51-33-15-8-7-14-31(30)33)44(66)58-38(26-61)47(69)59-19-11-17-39(59)46(68)54-34(48(70)71)16-9-10-18-49/h4-8,12-15,23,27-28,32,34-39,51,60-61H,9-11,16-22,24-26,49-50H2,1-3H3,(H,52,64)(H,53,62)(H,54,68)(H,55,63)(H,56,67)(H,57,65)(H,58,66)(H,70,71)/t28-,32-,34-,35-,36-,37-,38-,39-/m0/s1. The number of aliphatic hydroxyl groups excluding tert-OH is 2. The molecule has 1 aliphatic heterocycles. The van der Waals surface area contributed by atoms with Crippen LogP contribution in [0, 0.1) is 5.92 Å². The Morgan fingerprint density at radius 3 is 1.97 bits per heavy atom. The van der Waals surface area contributed by atoms with E-state index in [2.05, 4.69) is 42.2 Å². The molecule has 0 saturated carbocycles. The predicted molar refractivity (Wildman–Crippen MR) is 259 cm³/mol. The van der Waals surface area contributed by atoms with Gasteiger partial charge in [-0.05, 0) is 75.1 Å². The molecule has 0 radical (unpaired) electrons. The Bertz CT molecular complexity index is 2310. The molecule has 23 nitrogen and oxygen atoms in total. The van der Waals surface area contributed by atoms with Gasteiger partial charge in [0.2, 0.25) is 47.3 Å². The van der Waals surface area contributed by atoms with Crippen molar-refractivity contribution in [1.82, 2.24) is 47.1 Å². The fraction of sp³-hybridized carbons (Fsp3) is 0.521.